The van der Waals surface area contributed by atoms with Gasteiger partial charge in [-0.25, -0.2) is 0 Å². The van der Waals surface area contributed by atoms with Crippen LogP contribution in [0.25, 0.3) is 0 Å². The SMILES string of the molecule is CCCCCC1(C)CC(O)c2ccc(Br)cc2O1. The van der Waals surface area contributed by atoms with E-state index in [1.165, 1.54) is 12.8 Å². The summed E-state index contributed by atoms with van der Waals surface area (Å²) in [7, 11) is 0. The zero-order valence-electron chi connectivity index (χ0n) is 11.1. The average molecular weight is 313 g/mol. The minimum atomic E-state index is -0.409. The van der Waals surface area contributed by atoms with E-state index in [2.05, 4.69) is 29.8 Å². The lowest BCUT2D eigenvalue weighted by molar-refractivity contribution is -0.00848. The van der Waals surface area contributed by atoms with Gasteiger partial charge in [0.15, 0.2) is 0 Å². The lowest BCUT2D eigenvalue weighted by atomic mass is 9.86. The third-order valence-corrected chi connectivity index (χ3v) is 4.12. The topological polar surface area (TPSA) is 29.5 Å². The van der Waals surface area contributed by atoms with Crippen LogP contribution < -0.4 is 4.74 Å². The first-order valence-corrected chi connectivity index (χ1v) is 7.50. The van der Waals surface area contributed by atoms with Gasteiger partial charge in [0.25, 0.3) is 0 Å². The number of aliphatic hydroxyl groups is 1. The minimum Gasteiger partial charge on any atom is -0.487 e. The van der Waals surface area contributed by atoms with Crippen molar-refractivity contribution < 1.29 is 9.84 Å². The van der Waals surface area contributed by atoms with Crippen LogP contribution in [0.2, 0.25) is 0 Å². The highest BCUT2D eigenvalue weighted by molar-refractivity contribution is 9.10. The molecule has 1 aliphatic heterocycles. The Kier molecular flexibility index (Phi) is 4.33. The second-order valence-corrected chi connectivity index (χ2v) is 6.33. The van der Waals surface area contributed by atoms with E-state index >= 15 is 0 Å². The molecule has 0 bridgehead atoms. The lowest BCUT2D eigenvalue weighted by Gasteiger charge is -2.38. The largest absolute Gasteiger partial charge is 0.487 e. The standard InChI is InChI=1S/C15H21BrO2/c1-3-4-5-8-15(2)10-13(17)12-7-6-11(16)9-14(12)18-15/h6-7,9,13,17H,3-5,8,10H2,1-2H3. The van der Waals surface area contributed by atoms with Crippen LogP contribution >= 0.6 is 15.9 Å². The van der Waals surface area contributed by atoms with Crippen LogP contribution in [0.5, 0.6) is 5.75 Å². The Morgan fingerprint density at radius 2 is 2.22 bits per heavy atom. The number of benzene rings is 1. The smallest absolute Gasteiger partial charge is 0.127 e. The van der Waals surface area contributed by atoms with E-state index in [0.29, 0.717) is 6.42 Å². The second kappa shape index (κ2) is 5.62. The van der Waals surface area contributed by atoms with Gasteiger partial charge in [0.2, 0.25) is 0 Å². The molecule has 1 aliphatic rings. The molecule has 0 aromatic heterocycles. The summed E-state index contributed by atoms with van der Waals surface area (Å²) < 4.78 is 7.12. The highest BCUT2D eigenvalue weighted by Crippen LogP contribution is 2.42. The maximum Gasteiger partial charge on any atom is 0.127 e. The molecule has 2 unspecified atom stereocenters. The number of aliphatic hydroxyl groups excluding tert-OH is 1. The van der Waals surface area contributed by atoms with Crippen LogP contribution in [0.3, 0.4) is 0 Å². The molecule has 2 rings (SSSR count). The summed E-state index contributed by atoms with van der Waals surface area (Å²) in [6.45, 7) is 4.31. The molecule has 1 aromatic rings. The summed E-state index contributed by atoms with van der Waals surface area (Å²) in [5, 5.41) is 10.2. The Hall–Kier alpha value is -0.540. The Labute approximate surface area is 117 Å². The Morgan fingerprint density at radius 1 is 1.44 bits per heavy atom. The molecule has 18 heavy (non-hydrogen) atoms. The predicted octanol–water partition coefficient (Wildman–Crippen LogP) is 4.60. The van der Waals surface area contributed by atoms with Crippen LogP contribution in [0.1, 0.15) is 57.6 Å². The molecule has 0 amide bonds. The normalized spacial score (nSPS) is 26.6. The molecule has 100 valence electrons. The monoisotopic (exact) mass is 312 g/mol. The van der Waals surface area contributed by atoms with Gasteiger partial charge in [0.05, 0.1) is 6.10 Å². The molecule has 0 fully saturated rings. The van der Waals surface area contributed by atoms with E-state index in [4.69, 9.17) is 4.74 Å². The van der Waals surface area contributed by atoms with Crippen molar-refractivity contribution in [3.63, 3.8) is 0 Å². The number of rotatable bonds is 4. The molecule has 0 spiro atoms. The van der Waals surface area contributed by atoms with Gasteiger partial charge in [0.1, 0.15) is 11.4 Å². The van der Waals surface area contributed by atoms with E-state index in [1.807, 2.05) is 18.2 Å². The van der Waals surface area contributed by atoms with Crippen molar-refractivity contribution in [3.05, 3.63) is 28.2 Å². The van der Waals surface area contributed by atoms with Gasteiger partial charge in [-0.1, -0.05) is 41.8 Å². The summed E-state index contributed by atoms with van der Waals surface area (Å²) in [6.07, 6.45) is 4.87. The van der Waals surface area contributed by atoms with Gasteiger partial charge >= 0.3 is 0 Å². The first-order valence-electron chi connectivity index (χ1n) is 6.70. The molecule has 2 nitrogen and oxygen atoms in total. The third-order valence-electron chi connectivity index (χ3n) is 3.63. The number of fused-ring (bicyclic) bond motifs is 1. The van der Waals surface area contributed by atoms with E-state index < -0.39 is 6.10 Å². The van der Waals surface area contributed by atoms with Crippen LogP contribution in [0.4, 0.5) is 0 Å². The quantitative estimate of drug-likeness (QED) is 0.823. The number of halogens is 1. The zero-order valence-corrected chi connectivity index (χ0v) is 12.7. The predicted molar refractivity (Wildman–Crippen MR) is 76.9 cm³/mol. The summed E-state index contributed by atoms with van der Waals surface area (Å²) in [6, 6.07) is 5.84. The van der Waals surface area contributed by atoms with E-state index in [-0.39, 0.29) is 5.60 Å². The lowest BCUT2D eigenvalue weighted by Crippen LogP contribution is -2.38. The fraction of sp³-hybridized carbons (Fsp3) is 0.600. The van der Waals surface area contributed by atoms with Gasteiger partial charge in [-0.15, -0.1) is 0 Å². The second-order valence-electron chi connectivity index (χ2n) is 5.41. The van der Waals surface area contributed by atoms with Crippen molar-refractivity contribution >= 4 is 15.9 Å². The summed E-state index contributed by atoms with van der Waals surface area (Å²) in [5.74, 6) is 0.821. The summed E-state index contributed by atoms with van der Waals surface area (Å²) in [5.41, 5.74) is 0.675. The highest BCUT2D eigenvalue weighted by atomic mass is 79.9. The summed E-state index contributed by atoms with van der Waals surface area (Å²) >= 11 is 3.45. The van der Waals surface area contributed by atoms with Gasteiger partial charge in [-0.3, -0.25) is 0 Å². The van der Waals surface area contributed by atoms with Gasteiger partial charge < -0.3 is 9.84 Å². The first-order chi connectivity index (χ1) is 8.54. The van der Waals surface area contributed by atoms with Crippen molar-refractivity contribution in [2.24, 2.45) is 0 Å². The van der Waals surface area contributed by atoms with Crippen LogP contribution in [-0.2, 0) is 0 Å². The molecule has 1 heterocycles. The van der Waals surface area contributed by atoms with Gasteiger partial charge in [-0.2, -0.15) is 0 Å². The number of hydrogen-bond acceptors (Lipinski definition) is 2. The Balaban J connectivity index is 2.15. The van der Waals surface area contributed by atoms with Crippen molar-refractivity contribution in [1.82, 2.24) is 0 Å². The maximum atomic E-state index is 10.2. The molecule has 2 atom stereocenters. The fourth-order valence-corrected chi connectivity index (χ4v) is 2.94. The van der Waals surface area contributed by atoms with Crippen molar-refractivity contribution in [1.29, 1.82) is 0 Å². The van der Waals surface area contributed by atoms with Crippen molar-refractivity contribution in [2.45, 2.75) is 57.7 Å². The number of unbranched alkanes of at least 4 members (excludes halogenated alkanes) is 2. The van der Waals surface area contributed by atoms with Gasteiger partial charge in [-0.05, 0) is 31.9 Å². The van der Waals surface area contributed by atoms with E-state index in [1.54, 1.807) is 0 Å². The molecule has 1 N–H and O–H groups in total. The first kappa shape index (κ1) is 13.9. The number of ether oxygens (including phenoxy) is 1. The van der Waals surface area contributed by atoms with Crippen molar-refractivity contribution in [2.75, 3.05) is 0 Å². The minimum absolute atomic E-state index is 0.234. The molecule has 1 aromatic carbocycles. The highest BCUT2D eigenvalue weighted by Gasteiger charge is 2.36. The molecule has 0 saturated carbocycles. The van der Waals surface area contributed by atoms with Crippen LogP contribution in [0.15, 0.2) is 22.7 Å². The third kappa shape index (κ3) is 3.07. The Morgan fingerprint density at radius 3 is 2.94 bits per heavy atom. The maximum absolute atomic E-state index is 10.2. The van der Waals surface area contributed by atoms with Gasteiger partial charge in [0, 0.05) is 16.5 Å². The average Bonchev–Trinajstić information content (AvgIpc) is 2.28. The molecular formula is C15H21BrO2. The fourth-order valence-electron chi connectivity index (χ4n) is 2.60. The van der Waals surface area contributed by atoms with Crippen LogP contribution in [0, 0.1) is 0 Å². The molecule has 0 saturated heterocycles. The van der Waals surface area contributed by atoms with Crippen LogP contribution in [-0.4, -0.2) is 10.7 Å². The molecule has 0 aliphatic carbocycles. The summed E-state index contributed by atoms with van der Waals surface area (Å²) in [4.78, 5) is 0. The number of hydrogen-bond donors (Lipinski definition) is 1. The molecular weight excluding hydrogens is 292 g/mol. The molecule has 3 heteroatoms. The van der Waals surface area contributed by atoms with E-state index in [0.717, 1.165) is 28.6 Å². The van der Waals surface area contributed by atoms with E-state index in [9.17, 15) is 5.11 Å². The Bertz CT molecular complexity index is 419. The molecule has 0 radical (unpaired) electrons. The van der Waals surface area contributed by atoms with Crippen molar-refractivity contribution in [3.8, 4) is 5.75 Å². The zero-order chi connectivity index (χ0) is 13.2.